The van der Waals surface area contributed by atoms with Gasteiger partial charge in [-0.3, -0.25) is 0 Å². The molecule has 0 bridgehead atoms. The Morgan fingerprint density at radius 1 is 1.38 bits per heavy atom. The summed E-state index contributed by atoms with van der Waals surface area (Å²) < 4.78 is 4.83. The van der Waals surface area contributed by atoms with Crippen molar-refractivity contribution in [1.82, 2.24) is 20.2 Å². The second-order valence-electron chi connectivity index (χ2n) is 4.67. The lowest BCUT2D eigenvalue weighted by Gasteiger charge is -2.07. The minimum Gasteiger partial charge on any atom is -0.461 e. The molecule has 7 nitrogen and oxygen atoms in total. The standard InChI is InChI=1S/C15H14ClN5O2S/c1-2-23-14(22)12-13(16)19-15(21-20-12)24-8-18-10-5-3-4-9-6-7-17-11(9)10/h3-7,17-18H,2,8H2,1H3. The van der Waals surface area contributed by atoms with Crippen LogP contribution in [-0.4, -0.2) is 38.6 Å². The summed E-state index contributed by atoms with van der Waals surface area (Å²) in [6.45, 7) is 1.94. The SMILES string of the molecule is CCOC(=O)c1nnc(SCNc2cccc3cc[nH]c23)nc1Cl. The van der Waals surface area contributed by atoms with Crippen molar-refractivity contribution in [2.45, 2.75) is 12.1 Å². The van der Waals surface area contributed by atoms with Gasteiger partial charge in [0.2, 0.25) is 10.9 Å². The van der Waals surface area contributed by atoms with Crippen molar-refractivity contribution in [3.8, 4) is 0 Å². The Hall–Kier alpha value is -2.32. The third-order valence-electron chi connectivity index (χ3n) is 3.14. The second-order valence-corrected chi connectivity index (χ2v) is 5.97. The molecule has 0 atom stereocenters. The minimum atomic E-state index is -0.629. The van der Waals surface area contributed by atoms with Crippen LogP contribution in [0.2, 0.25) is 5.15 Å². The number of nitrogens with zero attached hydrogens (tertiary/aromatic N) is 3. The lowest BCUT2D eigenvalue weighted by atomic mass is 10.2. The number of ether oxygens (including phenoxy) is 1. The molecule has 2 N–H and O–H groups in total. The van der Waals surface area contributed by atoms with Crippen LogP contribution in [0.1, 0.15) is 17.4 Å². The number of esters is 1. The molecule has 0 saturated heterocycles. The monoisotopic (exact) mass is 363 g/mol. The van der Waals surface area contributed by atoms with E-state index >= 15 is 0 Å². The number of benzene rings is 1. The molecule has 0 aliphatic carbocycles. The Morgan fingerprint density at radius 3 is 3.04 bits per heavy atom. The number of fused-ring (bicyclic) bond motifs is 1. The van der Waals surface area contributed by atoms with Gasteiger partial charge in [-0.25, -0.2) is 9.78 Å². The number of thioether (sulfide) groups is 1. The van der Waals surface area contributed by atoms with E-state index in [1.165, 1.54) is 11.8 Å². The summed E-state index contributed by atoms with van der Waals surface area (Å²) >= 11 is 7.29. The molecule has 0 fully saturated rings. The number of anilines is 1. The third kappa shape index (κ3) is 3.60. The fraction of sp³-hybridized carbons (Fsp3) is 0.200. The van der Waals surface area contributed by atoms with Crippen molar-refractivity contribution in [3.63, 3.8) is 0 Å². The maximum Gasteiger partial charge on any atom is 0.362 e. The maximum absolute atomic E-state index is 11.6. The first-order valence-electron chi connectivity index (χ1n) is 7.19. The number of hydrogen-bond donors (Lipinski definition) is 2. The number of halogens is 1. The van der Waals surface area contributed by atoms with Gasteiger partial charge in [0.1, 0.15) is 0 Å². The molecular formula is C15H14ClN5O2S. The summed E-state index contributed by atoms with van der Waals surface area (Å²) in [6.07, 6.45) is 1.89. The number of H-pyrrole nitrogens is 1. The molecule has 0 saturated carbocycles. The predicted molar refractivity (Wildman–Crippen MR) is 93.4 cm³/mol. The normalized spacial score (nSPS) is 10.8. The average Bonchev–Trinajstić information content (AvgIpc) is 3.04. The lowest BCUT2D eigenvalue weighted by molar-refractivity contribution is 0.0517. The van der Waals surface area contributed by atoms with Crippen LogP contribution >= 0.6 is 23.4 Å². The molecular weight excluding hydrogens is 350 g/mol. The van der Waals surface area contributed by atoms with E-state index in [1.807, 2.05) is 30.5 Å². The number of nitrogens with one attached hydrogen (secondary N) is 2. The Balaban J connectivity index is 1.64. The van der Waals surface area contributed by atoms with E-state index < -0.39 is 5.97 Å². The minimum absolute atomic E-state index is 0.0163. The van der Waals surface area contributed by atoms with E-state index in [0.717, 1.165) is 16.6 Å². The van der Waals surface area contributed by atoms with Crippen molar-refractivity contribution in [2.75, 3.05) is 17.8 Å². The third-order valence-corrected chi connectivity index (χ3v) is 4.13. The lowest BCUT2D eigenvalue weighted by Crippen LogP contribution is -2.11. The van der Waals surface area contributed by atoms with Crippen LogP contribution in [0.5, 0.6) is 0 Å². The van der Waals surface area contributed by atoms with Gasteiger partial charge in [-0.1, -0.05) is 35.5 Å². The van der Waals surface area contributed by atoms with Gasteiger partial charge in [0, 0.05) is 11.6 Å². The fourth-order valence-electron chi connectivity index (χ4n) is 2.09. The van der Waals surface area contributed by atoms with Crippen LogP contribution < -0.4 is 5.32 Å². The molecule has 0 aliphatic heterocycles. The number of para-hydroxylation sites is 1. The zero-order chi connectivity index (χ0) is 16.9. The summed E-state index contributed by atoms with van der Waals surface area (Å²) in [7, 11) is 0. The van der Waals surface area contributed by atoms with Crippen molar-refractivity contribution in [3.05, 3.63) is 41.3 Å². The maximum atomic E-state index is 11.6. The first kappa shape index (κ1) is 16.5. The topological polar surface area (TPSA) is 92.8 Å². The van der Waals surface area contributed by atoms with Crippen molar-refractivity contribution < 1.29 is 9.53 Å². The zero-order valence-electron chi connectivity index (χ0n) is 12.7. The molecule has 3 aromatic rings. The molecule has 0 amide bonds. The Kier molecular flexibility index (Phi) is 5.17. The van der Waals surface area contributed by atoms with Crippen LogP contribution in [0.4, 0.5) is 5.69 Å². The number of aromatic amines is 1. The summed E-state index contributed by atoms with van der Waals surface area (Å²) in [5.41, 5.74) is 1.94. The van der Waals surface area contributed by atoms with Gasteiger partial charge >= 0.3 is 5.97 Å². The smallest absolute Gasteiger partial charge is 0.362 e. The number of hydrogen-bond acceptors (Lipinski definition) is 7. The van der Waals surface area contributed by atoms with E-state index in [4.69, 9.17) is 16.3 Å². The largest absolute Gasteiger partial charge is 0.461 e. The van der Waals surface area contributed by atoms with Gasteiger partial charge in [0.25, 0.3) is 0 Å². The Morgan fingerprint density at radius 2 is 2.25 bits per heavy atom. The van der Waals surface area contributed by atoms with Crippen LogP contribution in [0.3, 0.4) is 0 Å². The molecule has 0 aliphatic rings. The molecule has 2 heterocycles. The highest BCUT2D eigenvalue weighted by atomic mass is 35.5. The molecule has 9 heteroatoms. The number of carbonyl (C=O) groups is 1. The van der Waals surface area contributed by atoms with Gasteiger partial charge in [-0.2, -0.15) is 0 Å². The van der Waals surface area contributed by atoms with Gasteiger partial charge in [-0.15, -0.1) is 10.2 Å². The second kappa shape index (κ2) is 7.50. The van der Waals surface area contributed by atoms with Crippen molar-refractivity contribution >= 4 is 45.9 Å². The Labute approximate surface area is 147 Å². The van der Waals surface area contributed by atoms with Crippen molar-refractivity contribution in [2.24, 2.45) is 0 Å². The first-order valence-corrected chi connectivity index (χ1v) is 8.55. The Bertz CT molecular complexity index is 870. The molecule has 3 rings (SSSR count). The van der Waals surface area contributed by atoms with E-state index in [1.54, 1.807) is 6.92 Å². The van der Waals surface area contributed by atoms with Crippen LogP contribution in [0.15, 0.2) is 35.6 Å². The van der Waals surface area contributed by atoms with E-state index in [-0.39, 0.29) is 17.5 Å². The molecule has 124 valence electrons. The fourth-order valence-corrected chi connectivity index (χ4v) is 2.95. The van der Waals surface area contributed by atoms with Gasteiger partial charge in [0.15, 0.2) is 5.15 Å². The van der Waals surface area contributed by atoms with Crippen LogP contribution in [0.25, 0.3) is 10.9 Å². The number of aromatic nitrogens is 4. The molecule has 24 heavy (non-hydrogen) atoms. The highest BCUT2D eigenvalue weighted by Crippen LogP contribution is 2.23. The number of rotatable bonds is 6. The van der Waals surface area contributed by atoms with Gasteiger partial charge in [-0.05, 0) is 19.1 Å². The zero-order valence-corrected chi connectivity index (χ0v) is 14.3. The summed E-state index contributed by atoms with van der Waals surface area (Å²) in [6, 6.07) is 8.00. The molecule has 0 spiro atoms. The average molecular weight is 364 g/mol. The predicted octanol–water partition coefficient (Wildman–Crippen LogP) is 3.34. The summed E-state index contributed by atoms with van der Waals surface area (Å²) in [5.74, 6) is -0.106. The molecule has 2 aromatic heterocycles. The van der Waals surface area contributed by atoms with Crippen molar-refractivity contribution in [1.29, 1.82) is 0 Å². The van der Waals surface area contributed by atoms with Crippen LogP contribution in [-0.2, 0) is 4.74 Å². The summed E-state index contributed by atoms with van der Waals surface area (Å²) in [5, 5.41) is 12.5. The van der Waals surface area contributed by atoms with Gasteiger partial charge < -0.3 is 15.0 Å². The van der Waals surface area contributed by atoms with E-state index in [0.29, 0.717) is 11.0 Å². The highest BCUT2D eigenvalue weighted by Gasteiger charge is 2.16. The van der Waals surface area contributed by atoms with E-state index in [2.05, 4.69) is 25.5 Å². The van der Waals surface area contributed by atoms with Crippen LogP contribution in [0, 0.1) is 0 Å². The first-order chi connectivity index (χ1) is 11.7. The van der Waals surface area contributed by atoms with E-state index in [9.17, 15) is 4.79 Å². The quantitative estimate of drug-likeness (QED) is 0.394. The molecule has 0 unspecified atom stereocenters. The number of carbonyl (C=O) groups excluding carboxylic acids is 1. The molecule has 0 radical (unpaired) electrons. The highest BCUT2D eigenvalue weighted by molar-refractivity contribution is 7.99. The van der Waals surface area contributed by atoms with Gasteiger partial charge in [0.05, 0.1) is 23.7 Å². The summed E-state index contributed by atoms with van der Waals surface area (Å²) in [4.78, 5) is 18.9. The molecule has 1 aromatic carbocycles.